The Labute approximate surface area is 246 Å². The Morgan fingerprint density at radius 3 is 2.45 bits per heavy atom. The number of amides is 2. The third-order valence-electron chi connectivity index (χ3n) is 6.89. The van der Waals surface area contributed by atoms with Crippen molar-refractivity contribution in [2.45, 2.75) is 45.9 Å². The molecular weight excluding hydrogens is 534 g/mol. The monoisotopic (exact) mass is 573 g/mol. The van der Waals surface area contributed by atoms with Crippen molar-refractivity contribution < 1.29 is 23.8 Å². The summed E-state index contributed by atoms with van der Waals surface area (Å²) in [5.41, 5.74) is 3.34. The highest BCUT2D eigenvalue weighted by Crippen LogP contribution is 2.23. The van der Waals surface area contributed by atoms with Crippen molar-refractivity contribution in [3.63, 3.8) is 0 Å². The molecule has 2 N–H and O–H groups in total. The molecule has 0 fully saturated rings. The lowest BCUT2D eigenvalue weighted by Crippen LogP contribution is -2.51. The Hall–Kier alpha value is -4.44. The lowest BCUT2D eigenvalue weighted by Gasteiger charge is -2.31. The molecule has 2 aromatic carbocycles. The molecule has 10 heteroatoms. The Bertz CT molecular complexity index is 1440. The first kappa shape index (κ1) is 30.5. The van der Waals surface area contributed by atoms with Crippen LogP contribution in [-0.2, 0) is 17.8 Å². The van der Waals surface area contributed by atoms with Crippen LogP contribution in [0.15, 0.2) is 77.5 Å². The average molecular weight is 574 g/mol. The summed E-state index contributed by atoms with van der Waals surface area (Å²) < 4.78 is 11.3. The van der Waals surface area contributed by atoms with Gasteiger partial charge in [-0.05, 0) is 60.7 Å². The maximum absolute atomic E-state index is 13.7. The molecular formula is C32H39N5O5. The quantitative estimate of drug-likeness (QED) is 0.237. The molecule has 2 amide bonds. The highest BCUT2D eigenvalue weighted by atomic mass is 16.5. The van der Waals surface area contributed by atoms with Crippen molar-refractivity contribution in [1.82, 2.24) is 20.2 Å². The second-order valence-electron chi connectivity index (χ2n) is 10.7. The van der Waals surface area contributed by atoms with Gasteiger partial charge in [-0.3, -0.25) is 9.78 Å². The standard InChI is InChI=1S/C32H39N5O5/c1-5-36(4)31-34-26-12-11-25(18-29(26)42-31)30(39)37(19-22(2)3)20-28(38)27(17-23-9-7-6-8-10-23)35-32(40)41-21-24-13-15-33-16-14-24/h6-16,18,22,27-28,38H,5,17,19-21H2,1-4H3,(H,35,40)/t27-,28+/m0/s1. The second-order valence-corrected chi connectivity index (χ2v) is 10.7. The lowest BCUT2D eigenvalue weighted by atomic mass is 10.00. The number of nitrogens with zero attached hydrogens (tertiary/aromatic N) is 4. The number of hydrogen-bond donors (Lipinski definition) is 2. The summed E-state index contributed by atoms with van der Waals surface area (Å²) in [7, 11) is 1.89. The number of ether oxygens (including phenoxy) is 1. The molecule has 2 atom stereocenters. The molecule has 0 saturated heterocycles. The third kappa shape index (κ3) is 8.29. The van der Waals surface area contributed by atoms with Gasteiger partial charge in [0.15, 0.2) is 5.58 Å². The summed E-state index contributed by atoms with van der Waals surface area (Å²) in [5.74, 6) is -0.101. The van der Waals surface area contributed by atoms with Gasteiger partial charge < -0.3 is 29.4 Å². The molecule has 0 aliphatic heterocycles. The van der Waals surface area contributed by atoms with Crippen LogP contribution in [0.1, 0.15) is 42.3 Å². The van der Waals surface area contributed by atoms with Crippen molar-refractivity contribution >= 4 is 29.1 Å². The zero-order chi connectivity index (χ0) is 30.1. The smallest absolute Gasteiger partial charge is 0.407 e. The van der Waals surface area contributed by atoms with Gasteiger partial charge in [0.1, 0.15) is 12.1 Å². The number of aliphatic hydroxyl groups excluding tert-OH is 1. The molecule has 2 aromatic heterocycles. The van der Waals surface area contributed by atoms with Crippen molar-refractivity contribution in [2.75, 3.05) is 31.6 Å². The number of rotatable bonds is 13. The van der Waals surface area contributed by atoms with Gasteiger partial charge in [-0.2, -0.15) is 4.98 Å². The topological polar surface area (TPSA) is 121 Å². The fourth-order valence-electron chi connectivity index (χ4n) is 4.53. The number of aliphatic hydroxyl groups is 1. The summed E-state index contributed by atoms with van der Waals surface area (Å²) in [4.78, 5) is 38.5. The fraction of sp³-hybridized carbons (Fsp3) is 0.375. The first-order valence-corrected chi connectivity index (χ1v) is 14.2. The van der Waals surface area contributed by atoms with Crippen LogP contribution in [0.4, 0.5) is 10.8 Å². The minimum Gasteiger partial charge on any atom is -0.445 e. The number of pyridine rings is 1. The van der Waals surface area contributed by atoms with Crippen molar-refractivity contribution in [2.24, 2.45) is 5.92 Å². The predicted molar refractivity (Wildman–Crippen MR) is 161 cm³/mol. The molecule has 0 radical (unpaired) electrons. The number of fused-ring (bicyclic) bond motifs is 1. The normalized spacial score (nSPS) is 12.6. The van der Waals surface area contributed by atoms with Crippen LogP contribution in [0.5, 0.6) is 0 Å². The van der Waals surface area contributed by atoms with E-state index in [1.165, 1.54) is 0 Å². The van der Waals surface area contributed by atoms with Gasteiger partial charge in [0, 0.05) is 44.6 Å². The van der Waals surface area contributed by atoms with Crippen LogP contribution >= 0.6 is 0 Å². The van der Waals surface area contributed by atoms with Gasteiger partial charge in [0.05, 0.1) is 12.1 Å². The van der Waals surface area contributed by atoms with E-state index in [-0.39, 0.29) is 25.0 Å². The van der Waals surface area contributed by atoms with Crippen LogP contribution in [0.3, 0.4) is 0 Å². The summed E-state index contributed by atoms with van der Waals surface area (Å²) in [6.45, 7) is 7.24. The fourth-order valence-corrected chi connectivity index (χ4v) is 4.53. The SMILES string of the molecule is CCN(C)c1nc2ccc(C(=O)N(CC(C)C)C[C@@H](O)[C@H](Cc3ccccc3)NC(=O)OCc3ccncc3)cc2o1. The number of anilines is 1. The highest BCUT2D eigenvalue weighted by Gasteiger charge is 2.28. The van der Waals surface area contributed by atoms with Gasteiger partial charge in [0.2, 0.25) is 0 Å². The van der Waals surface area contributed by atoms with Crippen LogP contribution in [0.2, 0.25) is 0 Å². The van der Waals surface area contributed by atoms with E-state index in [1.807, 2.05) is 63.1 Å². The Balaban J connectivity index is 1.51. The first-order valence-electron chi connectivity index (χ1n) is 14.2. The van der Waals surface area contributed by atoms with Crippen LogP contribution < -0.4 is 10.2 Å². The molecule has 0 bridgehead atoms. The van der Waals surface area contributed by atoms with Gasteiger partial charge >= 0.3 is 6.09 Å². The van der Waals surface area contributed by atoms with Gasteiger partial charge in [-0.1, -0.05) is 44.2 Å². The van der Waals surface area contributed by atoms with Crippen molar-refractivity contribution in [3.05, 3.63) is 89.7 Å². The summed E-state index contributed by atoms with van der Waals surface area (Å²) in [5, 5.41) is 14.3. The number of hydrogen-bond acceptors (Lipinski definition) is 8. The first-order chi connectivity index (χ1) is 20.2. The number of nitrogens with one attached hydrogen (secondary N) is 1. The van der Waals surface area contributed by atoms with E-state index in [9.17, 15) is 14.7 Å². The summed E-state index contributed by atoms with van der Waals surface area (Å²) in [6, 6.07) is 18.0. The summed E-state index contributed by atoms with van der Waals surface area (Å²) >= 11 is 0. The van der Waals surface area contributed by atoms with Crippen LogP contribution in [0.25, 0.3) is 11.1 Å². The number of oxazole rings is 1. The van der Waals surface area contributed by atoms with E-state index in [1.54, 1.807) is 47.6 Å². The summed E-state index contributed by atoms with van der Waals surface area (Å²) in [6.07, 6.45) is 1.88. The van der Waals surface area contributed by atoms with E-state index in [0.717, 1.165) is 17.7 Å². The molecule has 0 aliphatic rings. The van der Waals surface area contributed by atoms with E-state index in [4.69, 9.17) is 9.15 Å². The maximum Gasteiger partial charge on any atom is 0.407 e. The van der Waals surface area contributed by atoms with Crippen molar-refractivity contribution in [1.29, 1.82) is 0 Å². The van der Waals surface area contributed by atoms with Crippen LogP contribution in [0, 0.1) is 5.92 Å². The minimum atomic E-state index is -1.07. The maximum atomic E-state index is 13.7. The Morgan fingerprint density at radius 1 is 1.02 bits per heavy atom. The zero-order valence-electron chi connectivity index (χ0n) is 24.6. The van der Waals surface area contributed by atoms with E-state index in [0.29, 0.717) is 35.6 Å². The van der Waals surface area contributed by atoms with Crippen molar-refractivity contribution in [3.8, 4) is 0 Å². The lowest BCUT2D eigenvalue weighted by molar-refractivity contribution is 0.0493. The van der Waals surface area contributed by atoms with Crippen LogP contribution in [-0.4, -0.2) is 70.8 Å². The number of carbonyl (C=O) groups excluding carboxylic acids is 2. The molecule has 42 heavy (non-hydrogen) atoms. The molecule has 0 aliphatic carbocycles. The molecule has 4 rings (SSSR count). The number of aromatic nitrogens is 2. The largest absolute Gasteiger partial charge is 0.445 e. The van der Waals surface area contributed by atoms with E-state index < -0.39 is 18.2 Å². The highest BCUT2D eigenvalue weighted by molar-refractivity contribution is 5.97. The average Bonchev–Trinajstić information content (AvgIpc) is 3.43. The Kier molecular flexibility index (Phi) is 10.5. The molecule has 0 saturated carbocycles. The van der Waals surface area contributed by atoms with Gasteiger partial charge in [-0.15, -0.1) is 0 Å². The number of benzene rings is 2. The zero-order valence-corrected chi connectivity index (χ0v) is 24.6. The molecule has 0 spiro atoms. The number of alkyl carbamates (subject to hydrolysis) is 1. The molecule has 4 aromatic rings. The molecule has 0 unspecified atom stereocenters. The van der Waals surface area contributed by atoms with E-state index in [2.05, 4.69) is 15.3 Å². The predicted octanol–water partition coefficient (Wildman–Crippen LogP) is 4.68. The third-order valence-corrected chi connectivity index (χ3v) is 6.89. The van der Waals surface area contributed by atoms with Gasteiger partial charge in [0.25, 0.3) is 11.9 Å². The molecule has 222 valence electrons. The second kappa shape index (κ2) is 14.5. The number of carbonyl (C=O) groups is 2. The Morgan fingerprint density at radius 2 is 1.76 bits per heavy atom. The van der Waals surface area contributed by atoms with Gasteiger partial charge in [-0.25, -0.2) is 4.79 Å². The van der Waals surface area contributed by atoms with E-state index >= 15 is 0 Å². The molecule has 2 heterocycles. The molecule has 10 nitrogen and oxygen atoms in total. The minimum absolute atomic E-state index is 0.0113.